The third kappa shape index (κ3) is 5.09. The Morgan fingerprint density at radius 1 is 0.971 bits per heavy atom. The van der Waals surface area contributed by atoms with Crippen LogP contribution < -0.4 is 9.64 Å². The summed E-state index contributed by atoms with van der Waals surface area (Å²) in [6.45, 7) is 2.89. The fraction of sp³-hybridized carbons (Fsp3) is 0.393. The number of para-hydroxylation sites is 1. The minimum atomic E-state index is 0.0405. The van der Waals surface area contributed by atoms with E-state index in [2.05, 4.69) is 27.8 Å². The van der Waals surface area contributed by atoms with Crippen LogP contribution in [0.4, 0.5) is 5.69 Å². The minimum absolute atomic E-state index is 0.0405. The summed E-state index contributed by atoms with van der Waals surface area (Å²) in [5.41, 5.74) is 3.40. The van der Waals surface area contributed by atoms with E-state index in [4.69, 9.17) is 4.74 Å². The number of benzene rings is 2. The summed E-state index contributed by atoms with van der Waals surface area (Å²) in [4.78, 5) is 34.0. The third-order valence-electron chi connectivity index (χ3n) is 7.21. The van der Waals surface area contributed by atoms with Gasteiger partial charge in [-0.2, -0.15) is 0 Å². The fourth-order valence-electron chi connectivity index (χ4n) is 5.23. The molecule has 2 aromatic carbocycles. The van der Waals surface area contributed by atoms with E-state index < -0.39 is 0 Å². The van der Waals surface area contributed by atoms with Gasteiger partial charge in [-0.05, 0) is 48.6 Å². The Balaban J connectivity index is 1.12. The normalized spacial score (nSPS) is 15.8. The molecule has 2 aliphatic heterocycles. The van der Waals surface area contributed by atoms with Crippen LogP contribution in [-0.4, -0.2) is 53.0 Å². The summed E-state index contributed by atoms with van der Waals surface area (Å²) in [7, 11) is 1.67. The van der Waals surface area contributed by atoms with E-state index in [1.165, 1.54) is 11.1 Å². The Bertz CT molecular complexity index is 1180. The van der Waals surface area contributed by atoms with Crippen molar-refractivity contribution < 1.29 is 14.3 Å². The highest BCUT2D eigenvalue weighted by molar-refractivity contribution is 5.97. The zero-order valence-corrected chi connectivity index (χ0v) is 20.2. The number of fused-ring (bicyclic) bond motifs is 1. The van der Waals surface area contributed by atoms with Crippen molar-refractivity contribution in [3.63, 3.8) is 0 Å². The van der Waals surface area contributed by atoms with Crippen molar-refractivity contribution in [1.29, 1.82) is 0 Å². The summed E-state index contributed by atoms with van der Waals surface area (Å²) in [6.07, 6.45) is 7.08. The summed E-state index contributed by atoms with van der Waals surface area (Å²) in [5.74, 6) is 2.37. The van der Waals surface area contributed by atoms with Crippen LogP contribution in [0, 0.1) is 0 Å². The first kappa shape index (κ1) is 23.1. The molecule has 7 heteroatoms. The van der Waals surface area contributed by atoms with Gasteiger partial charge in [0.05, 0.1) is 7.11 Å². The molecule has 0 radical (unpaired) electrons. The number of ether oxygens (including phenoxy) is 1. The number of hydrogen-bond acceptors (Lipinski definition) is 4. The van der Waals surface area contributed by atoms with Gasteiger partial charge in [0.15, 0.2) is 0 Å². The van der Waals surface area contributed by atoms with Crippen LogP contribution in [-0.2, 0) is 22.6 Å². The quantitative estimate of drug-likeness (QED) is 0.521. The van der Waals surface area contributed by atoms with E-state index >= 15 is 0 Å². The lowest BCUT2D eigenvalue weighted by Crippen LogP contribution is -2.39. The maximum atomic E-state index is 12.8. The highest BCUT2D eigenvalue weighted by atomic mass is 16.5. The molecule has 2 amide bonds. The minimum Gasteiger partial charge on any atom is -0.497 e. The molecule has 3 aromatic rings. The lowest BCUT2D eigenvalue weighted by atomic mass is 9.95. The molecule has 0 bridgehead atoms. The number of piperidine rings is 1. The molecule has 1 fully saturated rings. The number of anilines is 1. The van der Waals surface area contributed by atoms with E-state index in [0.29, 0.717) is 25.6 Å². The molecule has 0 unspecified atom stereocenters. The van der Waals surface area contributed by atoms with Gasteiger partial charge < -0.3 is 19.1 Å². The third-order valence-corrected chi connectivity index (χ3v) is 7.21. The van der Waals surface area contributed by atoms with Gasteiger partial charge in [0.2, 0.25) is 11.8 Å². The van der Waals surface area contributed by atoms with Crippen molar-refractivity contribution in [3.05, 3.63) is 77.9 Å². The molecule has 1 aromatic heterocycles. The second-order valence-corrected chi connectivity index (χ2v) is 9.34. The number of methoxy groups -OCH3 is 1. The van der Waals surface area contributed by atoms with Crippen LogP contribution in [0.2, 0.25) is 0 Å². The van der Waals surface area contributed by atoms with Crippen molar-refractivity contribution in [2.45, 2.75) is 44.6 Å². The maximum Gasteiger partial charge on any atom is 0.227 e. The second-order valence-electron chi connectivity index (χ2n) is 9.34. The molecule has 7 nitrogen and oxygen atoms in total. The van der Waals surface area contributed by atoms with Crippen LogP contribution in [0.1, 0.15) is 48.6 Å². The second kappa shape index (κ2) is 10.3. The Morgan fingerprint density at radius 3 is 2.49 bits per heavy atom. The molecule has 5 rings (SSSR count). The first-order chi connectivity index (χ1) is 17.1. The highest BCUT2D eigenvalue weighted by Gasteiger charge is 2.28. The Morgan fingerprint density at radius 2 is 1.71 bits per heavy atom. The molecule has 0 aliphatic carbocycles. The number of carbonyl (C=O) groups excluding carboxylic acids is 2. The van der Waals surface area contributed by atoms with E-state index in [9.17, 15) is 9.59 Å². The Labute approximate surface area is 206 Å². The van der Waals surface area contributed by atoms with Gasteiger partial charge in [-0.3, -0.25) is 9.59 Å². The first-order valence-corrected chi connectivity index (χ1v) is 12.4. The number of carbonyl (C=O) groups is 2. The number of aromatic nitrogens is 2. The molecule has 0 spiro atoms. The summed E-state index contributed by atoms with van der Waals surface area (Å²) in [5, 5.41) is 0. The van der Waals surface area contributed by atoms with Crippen LogP contribution in [0.15, 0.2) is 60.9 Å². The van der Waals surface area contributed by atoms with Gasteiger partial charge in [0, 0.05) is 63.0 Å². The van der Waals surface area contributed by atoms with Gasteiger partial charge in [-0.1, -0.05) is 30.3 Å². The zero-order chi connectivity index (χ0) is 24.2. The summed E-state index contributed by atoms with van der Waals surface area (Å²) < 4.78 is 7.46. The van der Waals surface area contributed by atoms with E-state index in [1.54, 1.807) is 7.11 Å². The highest BCUT2D eigenvalue weighted by Crippen LogP contribution is 2.30. The van der Waals surface area contributed by atoms with E-state index in [-0.39, 0.29) is 24.7 Å². The number of likely N-dealkylation sites (tertiary alicyclic amines) is 1. The van der Waals surface area contributed by atoms with Gasteiger partial charge in [-0.25, -0.2) is 4.98 Å². The van der Waals surface area contributed by atoms with Crippen LogP contribution >= 0.6 is 0 Å². The number of hydrogen-bond donors (Lipinski definition) is 0. The fourth-order valence-corrected chi connectivity index (χ4v) is 5.23. The van der Waals surface area contributed by atoms with Gasteiger partial charge in [-0.15, -0.1) is 0 Å². The monoisotopic (exact) mass is 472 g/mol. The maximum absolute atomic E-state index is 12.8. The molecular formula is C28H32N4O3. The molecule has 0 N–H and O–H groups in total. The van der Waals surface area contributed by atoms with E-state index in [0.717, 1.165) is 43.1 Å². The molecular weight excluding hydrogens is 440 g/mol. The SMILES string of the molecule is COc1ccc(Cn2ccnc2C2CCN(C(=O)CCC(=O)N3CCc4ccccc43)CC2)cc1. The molecule has 1 saturated heterocycles. The number of amides is 2. The summed E-state index contributed by atoms with van der Waals surface area (Å²) in [6, 6.07) is 16.1. The zero-order valence-electron chi connectivity index (χ0n) is 20.2. The van der Waals surface area contributed by atoms with Gasteiger partial charge >= 0.3 is 0 Å². The average Bonchev–Trinajstić information content (AvgIpc) is 3.55. The smallest absolute Gasteiger partial charge is 0.227 e. The molecule has 0 saturated carbocycles. The van der Waals surface area contributed by atoms with Crippen molar-refractivity contribution in [2.75, 3.05) is 31.6 Å². The molecule has 3 heterocycles. The number of rotatable bonds is 7. The van der Waals surface area contributed by atoms with Crippen LogP contribution in [0.5, 0.6) is 5.75 Å². The predicted molar refractivity (Wildman–Crippen MR) is 135 cm³/mol. The number of imidazole rings is 1. The molecule has 35 heavy (non-hydrogen) atoms. The van der Waals surface area contributed by atoms with Crippen LogP contribution in [0.3, 0.4) is 0 Å². The lowest BCUT2D eigenvalue weighted by Gasteiger charge is -2.32. The number of nitrogens with zero attached hydrogens (tertiary/aromatic N) is 4. The van der Waals surface area contributed by atoms with E-state index in [1.807, 2.05) is 52.5 Å². The predicted octanol–water partition coefficient (Wildman–Crippen LogP) is 4.02. The lowest BCUT2D eigenvalue weighted by molar-refractivity contribution is -0.134. The molecule has 2 aliphatic rings. The molecule has 0 atom stereocenters. The van der Waals surface area contributed by atoms with Gasteiger partial charge in [0.1, 0.15) is 11.6 Å². The first-order valence-electron chi connectivity index (χ1n) is 12.4. The Kier molecular flexibility index (Phi) is 6.84. The van der Waals surface area contributed by atoms with Crippen molar-refractivity contribution in [3.8, 4) is 5.75 Å². The van der Waals surface area contributed by atoms with Crippen molar-refractivity contribution >= 4 is 17.5 Å². The van der Waals surface area contributed by atoms with Crippen molar-refractivity contribution in [1.82, 2.24) is 14.5 Å². The largest absolute Gasteiger partial charge is 0.497 e. The topological polar surface area (TPSA) is 67.7 Å². The van der Waals surface area contributed by atoms with Crippen molar-refractivity contribution in [2.24, 2.45) is 0 Å². The average molecular weight is 473 g/mol. The van der Waals surface area contributed by atoms with Gasteiger partial charge in [0.25, 0.3) is 0 Å². The Hall–Kier alpha value is -3.61. The standard InChI is InChI=1S/C28H32N4O3/c1-35-24-8-6-21(7-9-24)20-31-19-15-29-28(31)23-12-16-30(17-13-23)26(33)10-11-27(34)32-18-14-22-4-2-3-5-25(22)32/h2-9,15,19,23H,10-14,16-18,20H2,1H3. The molecule has 182 valence electrons. The van der Waals surface area contributed by atoms with Crippen LogP contribution in [0.25, 0.3) is 0 Å². The summed E-state index contributed by atoms with van der Waals surface area (Å²) >= 11 is 0.